The average molecular weight is 433 g/mol. The van der Waals surface area contributed by atoms with E-state index in [4.69, 9.17) is 4.74 Å². The molecule has 0 bridgehead atoms. The summed E-state index contributed by atoms with van der Waals surface area (Å²) in [6.45, 7) is 1.22. The monoisotopic (exact) mass is 432 g/mol. The molecule has 32 heavy (non-hydrogen) atoms. The van der Waals surface area contributed by atoms with Crippen LogP contribution in [-0.4, -0.2) is 45.7 Å². The third-order valence-corrected chi connectivity index (χ3v) is 5.38. The van der Waals surface area contributed by atoms with Crippen LogP contribution >= 0.6 is 0 Å². The lowest BCUT2D eigenvalue weighted by Gasteiger charge is -2.26. The molecule has 0 saturated carbocycles. The second kappa shape index (κ2) is 11.2. The van der Waals surface area contributed by atoms with Crippen molar-refractivity contribution in [3.8, 4) is 5.75 Å². The van der Waals surface area contributed by atoms with Crippen LogP contribution in [0.25, 0.3) is 0 Å². The minimum Gasteiger partial charge on any atom is -0.497 e. The summed E-state index contributed by atoms with van der Waals surface area (Å²) >= 11 is 0. The Bertz CT molecular complexity index is 1010. The Morgan fingerprint density at radius 1 is 0.938 bits per heavy atom. The Labute approximate surface area is 190 Å². The minimum absolute atomic E-state index is 0.0202. The molecule has 0 aliphatic rings. The van der Waals surface area contributed by atoms with Crippen molar-refractivity contribution in [1.29, 1.82) is 0 Å². The molecule has 0 fully saturated rings. The Morgan fingerprint density at radius 3 is 2.38 bits per heavy atom. The maximum absolute atomic E-state index is 12.7. The van der Waals surface area contributed by atoms with Crippen LogP contribution in [0, 0.1) is 0 Å². The second-order valence-corrected chi connectivity index (χ2v) is 7.95. The van der Waals surface area contributed by atoms with E-state index in [1.807, 2.05) is 87.9 Å². The van der Waals surface area contributed by atoms with Gasteiger partial charge in [-0.3, -0.25) is 0 Å². The normalized spacial score (nSPS) is 11.7. The van der Waals surface area contributed by atoms with Gasteiger partial charge in [0.25, 0.3) is 0 Å². The summed E-state index contributed by atoms with van der Waals surface area (Å²) < 4.78 is 5.34. The van der Waals surface area contributed by atoms with Crippen LogP contribution in [-0.2, 0) is 6.54 Å². The minimum atomic E-state index is -0.236. The Balaban J connectivity index is 1.65. The smallest absolute Gasteiger partial charge is 0.319 e. The Hall–Kier alpha value is -3.51. The first-order chi connectivity index (χ1) is 15.5. The molecule has 3 aromatic rings. The van der Waals surface area contributed by atoms with Crippen molar-refractivity contribution in [3.05, 3.63) is 90.0 Å². The van der Waals surface area contributed by atoms with Crippen molar-refractivity contribution in [2.24, 2.45) is 0 Å². The summed E-state index contributed by atoms with van der Waals surface area (Å²) in [7, 11) is 7.67. The quantitative estimate of drug-likeness (QED) is 0.512. The Kier molecular flexibility index (Phi) is 8.11. The molecule has 0 heterocycles. The van der Waals surface area contributed by atoms with Gasteiger partial charge in [-0.25, -0.2) is 4.79 Å². The van der Waals surface area contributed by atoms with Gasteiger partial charge in [-0.1, -0.05) is 54.6 Å². The number of hydrogen-bond acceptors (Lipinski definition) is 4. The molecule has 1 unspecified atom stereocenters. The highest BCUT2D eigenvalue weighted by atomic mass is 16.5. The topological polar surface area (TPSA) is 56.8 Å². The fourth-order valence-corrected chi connectivity index (χ4v) is 3.66. The predicted molar refractivity (Wildman–Crippen MR) is 131 cm³/mol. The summed E-state index contributed by atoms with van der Waals surface area (Å²) in [4.78, 5) is 17.0. The van der Waals surface area contributed by atoms with E-state index in [-0.39, 0.29) is 12.1 Å². The van der Waals surface area contributed by atoms with Crippen molar-refractivity contribution < 1.29 is 9.53 Å². The summed E-state index contributed by atoms with van der Waals surface area (Å²) in [5.41, 5.74) is 4.02. The molecule has 168 valence electrons. The number of para-hydroxylation sites is 2. The van der Waals surface area contributed by atoms with Crippen molar-refractivity contribution in [1.82, 2.24) is 10.2 Å². The highest BCUT2D eigenvalue weighted by molar-refractivity contribution is 5.93. The van der Waals surface area contributed by atoms with Gasteiger partial charge in [0.1, 0.15) is 5.75 Å². The van der Waals surface area contributed by atoms with E-state index in [0.717, 1.165) is 29.2 Å². The molecule has 0 aromatic heterocycles. The van der Waals surface area contributed by atoms with E-state index >= 15 is 0 Å². The number of likely N-dealkylation sites (N-methyl/N-ethyl adjacent to an activating group) is 1. The number of carbonyl (C=O) groups is 1. The van der Waals surface area contributed by atoms with Crippen LogP contribution in [0.2, 0.25) is 0 Å². The lowest BCUT2D eigenvalue weighted by atomic mass is 10.1. The van der Waals surface area contributed by atoms with E-state index in [2.05, 4.69) is 32.6 Å². The van der Waals surface area contributed by atoms with Crippen molar-refractivity contribution in [3.63, 3.8) is 0 Å². The summed E-state index contributed by atoms with van der Waals surface area (Å²) in [6, 6.07) is 25.8. The molecule has 6 heteroatoms. The van der Waals surface area contributed by atoms with Crippen molar-refractivity contribution in [2.75, 3.05) is 45.0 Å². The van der Waals surface area contributed by atoms with E-state index < -0.39 is 0 Å². The zero-order valence-electron chi connectivity index (χ0n) is 19.2. The maximum Gasteiger partial charge on any atom is 0.319 e. The van der Waals surface area contributed by atoms with Gasteiger partial charge in [0.05, 0.1) is 24.5 Å². The number of methoxy groups -OCH3 is 1. The number of urea groups is 1. The SMILES string of the molecule is COc1cccc(C(CNC(=O)Nc2ccccc2N(C)Cc2ccccc2)N(C)C)c1. The van der Waals surface area contributed by atoms with Crippen LogP contribution in [0.5, 0.6) is 5.75 Å². The van der Waals surface area contributed by atoms with Crippen molar-refractivity contribution in [2.45, 2.75) is 12.6 Å². The van der Waals surface area contributed by atoms with Crippen LogP contribution in [0.1, 0.15) is 17.2 Å². The van der Waals surface area contributed by atoms with Gasteiger partial charge >= 0.3 is 6.03 Å². The first-order valence-electron chi connectivity index (χ1n) is 10.7. The lowest BCUT2D eigenvalue weighted by molar-refractivity contribution is 0.243. The highest BCUT2D eigenvalue weighted by Gasteiger charge is 2.17. The molecular formula is C26H32N4O2. The third kappa shape index (κ3) is 6.25. The van der Waals surface area contributed by atoms with Gasteiger partial charge in [-0.05, 0) is 49.5 Å². The number of rotatable bonds is 9. The molecule has 2 N–H and O–H groups in total. The van der Waals surface area contributed by atoms with Gasteiger partial charge in [0.2, 0.25) is 0 Å². The number of ether oxygens (including phenoxy) is 1. The zero-order chi connectivity index (χ0) is 22.9. The van der Waals surface area contributed by atoms with E-state index in [0.29, 0.717) is 6.54 Å². The summed E-state index contributed by atoms with van der Waals surface area (Å²) in [5.74, 6) is 0.800. The molecule has 0 spiro atoms. The molecular weight excluding hydrogens is 400 g/mol. The molecule has 6 nitrogen and oxygen atoms in total. The summed E-state index contributed by atoms with van der Waals surface area (Å²) in [6.07, 6.45) is 0. The number of nitrogens with one attached hydrogen (secondary N) is 2. The maximum atomic E-state index is 12.7. The standard InChI is InChI=1S/C26H32N4O2/c1-29(2)25(21-13-10-14-22(17-21)32-4)18-27-26(31)28-23-15-8-9-16-24(23)30(3)19-20-11-6-5-7-12-20/h5-17,25H,18-19H2,1-4H3,(H2,27,28,31). The van der Waals surface area contributed by atoms with Crippen molar-refractivity contribution >= 4 is 17.4 Å². The average Bonchev–Trinajstić information content (AvgIpc) is 2.80. The summed E-state index contributed by atoms with van der Waals surface area (Å²) in [5, 5.41) is 6.02. The first kappa shape index (κ1) is 23.2. The second-order valence-electron chi connectivity index (χ2n) is 7.95. The number of carbonyl (C=O) groups excluding carboxylic acids is 1. The van der Waals surface area contributed by atoms with E-state index in [1.54, 1.807) is 7.11 Å². The van der Waals surface area contributed by atoms with Gasteiger partial charge in [-0.15, -0.1) is 0 Å². The number of hydrogen-bond donors (Lipinski definition) is 2. The van der Waals surface area contributed by atoms with Gasteiger partial charge < -0.3 is 25.2 Å². The number of benzene rings is 3. The molecule has 1 atom stereocenters. The predicted octanol–water partition coefficient (Wildman–Crippen LogP) is 4.76. The van der Waals surface area contributed by atoms with E-state index in [1.165, 1.54) is 5.56 Å². The zero-order valence-corrected chi connectivity index (χ0v) is 19.2. The fourth-order valence-electron chi connectivity index (χ4n) is 3.66. The molecule has 2 amide bonds. The molecule has 3 rings (SSSR count). The molecule has 0 radical (unpaired) electrons. The van der Waals surface area contributed by atoms with Crippen LogP contribution in [0.4, 0.5) is 16.2 Å². The molecule has 0 aliphatic heterocycles. The third-order valence-electron chi connectivity index (χ3n) is 5.38. The van der Waals surface area contributed by atoms with Crippen LogP contribution in [0.3, 0.4) is 0 Å². The van der Waals surface area contributed by atoms with Crippen LogP contribution < -0.4 is 20.3 Å². The lowest BCUT2D eigenvalue weighted by Crippen LogP contribution is -2.37. The molecule has 0 saturated heterocycles. The van der Waals surface area contributed by atoms with Gasteiger partial charge in [-0.2, -0.15) is 0 Å². The number of amides is 2. The molecule has 3 aromatic carbocycles. The molecule has 0 aliphatic carbocycles. The largest absolute Gasteiger partial charge is 0.497 e. The fraction of sp³-hybridized carbons (Fsp3) is 0.269. The van der Waals surface area contributed by atoms with Crippen LogP contribution in [0.15, 0.2) is 78.9 Å². The first-order valence-corrected chi connectivity index (χ1v) is 10.7. The Morgan fingerprint density at radius 2 is 1.66 bits per heavy atom. The number of anilines is 2. The van der Waals surface area contributed by atoms with Gasteiger partial charge in [0, 0.05) is 20.1 Å². The highest BCUT2D eigenvalue weighted by Crippen LogP contribution is 2.26. The van der Waals surface area contributed by atoms with E-state index in [9.17, 15) is 4.79 Å². The number of nitrogens with zero attached hydrogens (tertiary/aromatic N) is 2. The van der Waals surface area contributed by atoms with Gasteiger partial charge in [0.15, 0.2) is 0 Å².